The van der Waals surface area contributed by atoms with Crippen LogP contribution in [0.1, 0.15) is 70.3 Å². The van der Waals surface area contributed by atoms with Gasteiger partial charge in [-0.3, -0.25) is 9.29 Å². The van der Waals surface area contributed by atoms with Crippen LogP contribution >= 0.6 is 0 Å². The molecule has 3 aromatic rings. The number of ether oxygens (including phenoxy) is 4. The lowest BCUT2D eigenvalue weighted by Crippen LogP contribution is -2.35. The van der Waals surface area contributed by atoms with Crippen LogP contribution in [0, 0.1) is 6.92 Å². The number of aromatic nitrogens is 7. The Morgan fingerprint density at radius 3 is 2.20 bits per heavy atom. The molecule has 0 aromatic carbocycles. The van der Waals surface area contributed by atoms with Gasteiger partial charge in [-0.1, -0.05) is 0 Å². The van der Waals surface area contributed by atoms with Gasteiger partial charge >= 0.3 is 0 Å². The first-order valence-electron chi connectivity index (χ1n) is 12.8. The summed E-state index contributed by atoms with van der Waals surface area (Å²) in [4.78, 5) is 17.1. The summed E-state index contributed by atoms with van der Waals surface area (Å²) in [7, 11) is -1.27. The second kappa shape index (κ2) is 11.6. The van der Waals surface area contributed by atoms with E-state index < -0.39 is 27.0 Å². The Hall–Kier alpha value is -3.43. The maximum absolute atomic E-state index is 13.8. The topological polar surface area (TPSA) is 165 Å². The van der Waals surface area contributed by atoms with Crippen molar-refractivity contribution in [2.24, 2.45) is 0 Å². The minimum Gasteiger partial charge on any atom is -0.479 e. The molecule has 0 radical (unpaired) electrons. The van der Waals surface area contributed by atoms with Crippen LogP contribution in [0.25, 0.3) is 5.69 Å². The SMILES string of the molecule is COc1ncnc(OC)c1-n1c(NS(=O)(=O)C(C)C(OC(C)C)c2ncc(C)cn2)nnc1[C@@H]1COC(C)(C)C1. The lowest BCUT2D eigenvalue weighted by atomic mass is 9.97. The smallest absolute Gasteiger partial charge is 0.245 e. The van der Waals surface area contributed by atoms with E-state index in [-0.39, 0.29) is 41.2 Å². The minimum absolute atomic E-state index is 0.0916. The molecule has 15 heteroatoms. The van der Waals surface area contributed by atoms with Gasteiger partial charge in [0.1, 0.15) is 23.5 Å². The van der Waals surface area contributed by atoms with Crippen molar-refractivity contribution in [3.63, 3.8) is 0 Å². The summed E-state index contributed by atoms with van der Waals surface area (Å²) in [6.07, 6.45) is 3.91. The van der Waals surface area contributed by atoms with Crippen molar-refractivity contribution in [2.75, 3.05) is 25.5 Å². The van der Waals surface area contributed by atoms with E-state index >= 15 is 0 Å². The fourth-order valence-corrected chi connectivity index (χ4v) is 5.58. The van der Waals surface area contributed by atoms with Crippen LogP contribution in [-0.2, 0) is 19.5 Å². The zero-order valence-electron chi connectivity index (χ0n) is 23.9. The third kappa shape index (κ3) is 6.15. The molecule has 4 rings (SSSR count). The van der Waals surface area contributed by atoms with Crippen molar-refractivity contribution in [1.82, 2.24) is 34.7 Å². The van der Waals surface area contributed by atoms with Crippen molar-refractivity contribution in [3.05, 3.63) is 35.9 Å². The first-order valence-corrected chi connectivity index (χ1v) is 14.4. The molecular weight excluding hydrogens is 540 g/mol. The first-order chi connectivity index (χ1) is 18.9. The normalized spacial score (nSPS) is 18.5. The number of hydrogen-bond acceptors (Lipinski definition) is 12. The summed E-state index contributed by atoms with van der Waals surface area (Å²) >= 11 is 0. The molecule has 1 aliphatic rings. The van der Waals surface area contributed by atoms with Gasteiger partial charge in [-0.05, 0) is 53.5 Å². The van der Waals surface area contributed by atoms with Crippen LogP contribution in [-0.4, -0.2) is 80.9 Å². The van der Waals surface area contributed by atoms with Crippen molar-refractivity contribution in [1.29, 1.82) is 0 Å². The molecule has 4 heterocycles. The Morgan fingerprint density at radius 1 is 1.05 bits per heavy atom. The molecule has 2 unspecified atom stereocenters. The van der Waals surface area contributed by atoms with Crippen molar-refractivity contribution in [3.8, 4) is 17.4 Å². The molecule has 0 aliphatic carbocycles. The third-order valence-corrected chi connectivity index (χ3v) is 8.15. The predicted octanol–water partition coefficient (Wildman–Crippen LogP) is 2.75. The summed E-state index contributed by atoms with van der Waals surface area (Å²) in [6.45, 7) is 11.3. The maximum Gasteiger partial charge on any atom is 0.245 e. The second-order valence-electron chi connectivity index (χ2n) is 10.5. The lowest BCUT2D eigenvalue weighted by molar-refractivity contribution is 0.00152. The monoisotopic (exact) mass is 576 g/mol. The van der Waals surface area contributed by atoms with E-state index in [0.717, 1.165) is 5.56 Å². The summed E-state index contributed by atoms with van der Waals surface area (Å²) in [5.41, 5.74) is 0.694. The molecule has 3 aromatic heterocycles. The Bertz CT molecular complexity index is 1410. The van der Waals surface area contributed by atoms with E-state index in [1.54, 1.807) is 12.4 Å². The standard InChI is InChI=1S/C25H36N8O6S/c1-14(2)39-19(20-26-10-15(3)11-27-20)16(4)40(34,35)32-24-31-30-21(17-9-25(5,6)38-12-17)33(24)18-22(36-7)28-13-29-23(18)37-8/h10-11,13-14,16-17,19H,9,12H2,1-8H3,(H,31,32)/t16?,17-,19?/m0/s1. The highest BCUT2D eigenvalue weighted by Gasteiger charge is 2.40. The van der Waals surface area contributed by atoms with Crippen molar-refractivity contribution < 1.29 is 27.4 Å². The van der Waals surface area contributed by atoms with Crippen LogP contribution in [0.15, 0.2) is 18.7 Å². The molecular formula is C25H36N8O6S. The van der Waals surface area contributed by atoms with Crippen molar-refractivity contribution in [2.45, 2.75) is 76.9 Å². The van der Waals surface area contributed by atoms with Crippen LogP contribution in [0.4, 0.5) is 5.95 Å². The molecule has 1 saturated heterocycles. The number of hydrogen-bond donors (Lipinski definition) is 1. The number of anilines is 1. The molecule has 0 amide bonds. The quantitative estimate of drug-likeness (QED) is 0.355. The van der Waals surface area contributed by atoms with Gasteiger partial charge in [0.2, 0.25) is 27.7 Å². The molecule has 0 spiro atoms. The maximum atomic E-state index is 13.8. The van der Waals surface area contributed by atoms with Crippen LogP contribution in [0.5, 0.6) is 11.8 Å². The van der Waals surface area contributed by atoms with Gasteiger partial charge < -0.3 is 18.9 Å². The summed E-state index contributed by atoms with van der Waals surface area (Å²) in [5.74, 6) is 0.697. The van der Waals surface area contributed by atoms with Crippen LogP contribution in [0.2, 0.25) is 0 Å². The fourth-order valence-electron chi connectivity index (χ4n) is 4.50. The van der Waals surface area contributed by atoms with E-state index in [4.69, 9.17) is 18.9 Å². The molecule has 1 aliphatic heterocycles. The van der Waals surface area contributed by atoms with E-state index in [2.05, 4.69) is 34.9 Å². The highest BCUT2D eigenvalue weighted by Crippen LogP contribution is 2.40. The Morgan fingerprint density at radius 2 is 1.68 bits per heavy atom. The minimum atomic E-state index is -4.15. The van der Waals surface area contributed by atoms with E-state index in [0.29, 0.717) is 18.9 Å². The third-order valence-electron chi connectivity index (χ3n) is 6.46. The van der Waals surface area contributed by atoms with Crippen LogP contribution in [0.3, 0.4) is 0 Å². The van der Waals surface area contributed by atoms with Gasteiger partial charge in [0.25, 0.3) is 0 Å². The van der Waals surface area contributed by atoms with Gasteiger partial charge in [-0.2, -0.15) is 9.97 Å². The second-order valence-corrected chi connectivity index (χ2v) is 12.5. The summed E-state index contributed by atoms with van der Waals surface area (Å²) in [6, 6.07) is 0. The van der Waals surface area contributed by atoms with E-state index in [1.165, 1.54) is 32.0 Å². The van der Waals surface area contributed by atoms with Gasteiger partial charge in [0, 0.05) is 18.3 Å². The van der Waals surface area contributed by atoms with Crippen molar-refractivity contribution >= 4 is 16.0 Å². The highest BCUT2D eigenvalue weighted by molar-refractivity contribution is 7.93. The molecule has 0 saturated carbocycles. The Kier molecular flexibility index (Phi) is 8.56. The van der Waals surface area contributed by atoms with E-state index in [9.17, 15) is 8.42 Å². The van der Waals surface area contributed by atoms with Crippen LogP contribution < -0.4 is 14.2 Å². The molecule has 1 fully saturated rings. The average Bonchev–Trinajstić information content (AvgIpc) is 3.48. The number of nitrogens with one attached hydrogen (secondary N) is 1. The molecule has 1 N–H and O–H groups in total. The van der Waals surface area contributed by atoms with Gasteiger partial charge in [0.05, 0.1) is 32.5 Å². The average molecular weight is 577 g/mol. The molecule has 40 heavy (non-hydrogen) atoms. The molecule has 218 valence electrons. The largest absolute Gasteiger partial charge is 0.479 e. The Balaban J connectivity index is 1.80. The number of aryl methyl sites for hydroxylation is 1. The fraction of sp³-hybridized carbons (Fsp3) is 0.600. The number of rotatable bonds is 11. The highest BCUT2D eigenvalue weighted by atomic mass is 32.2. The zero-order valence-corrected chi connectivity index (χ0v) is 24.8. The summed E-state index contributed by atoms with van der Waals surface area (Å²) in [5, 5.41) is 7.50. The zero-order chi connectivity index (χ0) is 29.2. The molecule has 14 nitrogen and oxygen atoms in total. The summed E-state index contributed by atoms with van der Waals surface area (Å²) < 4.78 is 54.7. The number of nitrogens with zero attached hydrogens (tertiary/aromatic N) is 7. The molecule has 0 bridgehead atoms. The van der Waals surface area contributed by atoms with E-state index in [1.807, 2.05) is 34.6 Å². The first kappa shape index (κ1) is 29.6. The van der Waals surface area contributed by atoms with Gasteiger partial charge in [-0.15, -0.1) is 10.2 Å². The Labute approximate surface area is 233 Å². The number of sulfonamides is 1. The lowest BCUT2D eigenvalue weighted by Gasteiger charge is -2.25. The molecule has 3 atom stereocenters. The van der Waals surface area contributed by atoms with Gasteiger partial charge in [-0.25, -0.2) is 18.4 Å². The predicted molar refractivity (Wildman–Crippen MR) is 145 cm³/mol. The van der Waals surface area contributed by atoms with Gasteiger partial charge in [0.15, 0.2) is 11.5 Å². The number of methoxy groups -OCH3 is 2.